The summed E-state index contributed by atoms with van der Waals surface area (Å²) >= 11 is 0. The number of nitrogen functional groups attached to an aromatic ring is 1. The summed E-state index contributed by atoms with van der Waals surface area (Å²) in [6.45, 7) is 0. The summed E-state index contributed by atoms with van der Waals surface area (Å²) in [6.07, 6.45) is 2.50. The molecular weight excluding hydrogens is 170 g/mol. The van der Waals surface area contributed by atoms with Crippen LogP contribution in [0.5, 0.6) is 5.88 Å². The zero-order valence-electron chi connectivity index (χ0n) is 7.10. The monoisotopic (exact) mass is 182 g/mol. The molecule has 0 spiro atoms. The van der Waals surface area contributed by atoms with Gasteiger partial charge in [0.2, 0.25) is 11.6 Å². The van der Waals surface area contributed by atoms with Gasteiger partial charge in [-0.05, 0) is 12.8 Å². The fourth-order valence-electron chi connectivity index (χ4n) is 0.998. The Hall–Kier alpha value is -1.33. The second kappa shape index (κ2) is 3.20. The number of nitrogens with zero attached hydrogens (tertiary/aromatic N) is 1. The predicted octanol–water partition coefficient (Wildman–Crippen LogP) is -0.211. The van der Waals surface area contributed by atoms with Gasteiger partial charge in [0.05, 0.1) is 0 Å². The van der Waals surface area contributed by atoms with E-state index >= 15 is 0 Å². The molecular formula is C8H12N3O2+. The smallest absolute Gasteiger partial charge is 0.215 e. The lowest BCUT2D eigenvalue weighted by Gasteiger charge is -2.03. The number of pyridine rings is 1. The van der Waals surface area contributed by atoms with Crippen molar-refractivity contribution in [1.82, 2.24) is 4.98 Å². The Morgan fingerprint density at radius 1 is 1.54 bits per heavy atom. The van der Waals surface area contributed by atoms with Crippen LogP contribution in [0.25, 0.3) is 0 Å². The van der Waals surface area contributed by atoms with E-state index in [-0.39, 0.29) is 0 Å². The molecule has 1 heterocycles. The topological polar surface area (TPSA) is 85.0 Å². The Balaban J connectivity index is 2.13. The fourth-order valence-corrected chi connectivity index (χ4v) is 0.998. The van der Waals surface area contributed by atoms with Gasteiger partial charge in [0.25, 0.3) is 0 Å². The standard InChI is InChI=1S/C8H11N3O2/c9-8-6(11-12)3-4-7(10-8)13-5-1-2-5/h3-5,11-12H,1-2H2,(H2,9,10)/p+1. The van der Waals surface area contributed by atoms with Crippen LogP contribution in [0.2, 0.25) is 0 Å². The molecule has 2 rings (SSSR count). The minimum absolute atomic E-state index is 0.292. The number of hydrogen-bond acceptors (Lipinski definition) is 4. The molecule has 1 fully saturated rings. The summed E-state index contributed by atoms with van der Waals surface area (Å²) in [6, 6.07) is 3.39. The maximum absolute atomic E-state index is 8.72. The number of rotatable bonds is 3. The molecule has 5 heteroatoms. The number of ether oxygens (including phenoxy) is 1. The molecule has 0 atom stereocenters. The molecule has 13 heavy (non-hydrogen) atoms. The van der Waals surface area contributed by atoms with Crippen molar-refractivity contribution in [3.05, 3.63) is 12.1 Å². The molecule has 0 amide bonds. The van der Waals surface area contributed by atoms with Gasteiger partial charge < -0.3 is 10.5 Å². The summed E-state index contributed by atoms with van der Waals surface area (Å²) in [4.78, 5) is 3.99. The van der Waals surface area contributed by atoms with Gasteiger partial charge in [-0.15, -0.1) is 0 Å². The molecule has 70 valence electrons. The van der Waals surface area contributed by atoms with Crippen molar-refractivity contribution in [2.45, 2.75) is 18.9 Å². The van der Waals surface area contributed by atoms with Gasteiger partial charge in [-0.2, -0.15) is 10.5 Å². The van der Waals surface area contributed by atoms with Crippen molar-refractivity contribution < 1.29 is 15.4 Å². The van der Waals surface area contributed by atoms with Crippen molar-refractivity contribution in [1.29, 1.82) is 0 Å². The van der Waals surface area contributed by atoms with E-state index in [2.05, 4.69) is 4.98 Å². The highest BCUT2D eigenvalue weighted by atomic mass is 16.5. The van der Waals surface area contributed by atoms with Crippen LogP contribution in [-0.2, 0) is 0 Å². The molecule has 0 aliphatic heterocycles. The van der Waals surface area contributed by atoms with Crippen LogP contribution in [0.4, 0.5) is 11.5 Å². The van der Waals surface area contributed by atoms with E-state index in [4.69, 9.17) is 15.7 Å². The molecule has 0 aromatic carbocycles. The number of hydrogen-bond donors (Lipinski definition) is 3. The predicted molar refractivity (Wildman–Crippen MR) is 45.7 cm³/mol. The molecule has 1 aliphatic carbocycles. The van der Waals surface area contributed by atoms with Gasteiger partial charge >= 0.3 is 0 Å². The Bertz CT molecular complexity index is 312. The fraction of sp³-hybridized carbons (Fsp3) is 0.375. The highest BCUT2D eigenvalue weighted by Crippen LogP contribution is 2.26. The lowest BCUT2D eigenvalue weighted by atomic mass is 10.4. The maximum Gasteiger partial charge on any atom is 0.215 e. The van der Waals surface area contributed by atoms with Crippen LogP contribution in [0.1, 0.15) is 12.8 Å². The van der Waals surface area contributed by atoms with E-state index in [1.54, 1.807) is 12.1 Å². The molecule has 0 radical (unpaired) electrons. The minimum atomic E-state index is 0.292. The molecule has 0 saturated heterocycles. The van der Waals surface area contributed by atoms with Crippen molar-refractivity contribution in [2.75, 3.05) is 5.73 Å². The van der Waals surface area contributed by atoms with Crippen LogP contribution >= 0.6 is 0 Å². The van der Waals surface area contributed by atoms with Gasteiger partial charge in [0, 0.05) is 12.1 Å². The number of aromatic nitrogens is 1. The normalized spacial score (nSPS) is 15.8. The first kappa shape index (κ1) is 8.28. The van der Waals surface area contributed by atoms with Crippen LogP contribution in [-0.4, -0.2) is 16.3 Å². The highest BCUT2D eigenvalue weighted by molar-refractivity contribution is 5.52. The van der Waals surface area contributed by atoms with Crippen LogP contribution in [0.15, 0.2) is 12.1 Å². The third-order valence-corrected chi connectivity index (χ3v) is 1.88. The van der Waals surface area contributed by atoms with Crippen LogP contribution in [0.3, 0.4) is 0 Å². The number of anilines is 1. The Morgan fingerprint density at radius 2 is 2.31 bits per heavy atom. The SMILES string of the molecule is Nc1nc(OC2CC2)ccc1[NH2+]O. The summed E-state index contributed by atoms with van der Waals surface area (Å²) < 4.78 is 5.42. The lowest BCUT2D eigenvalue weighted by Crippen LogP contribution is -2.74. The Labute approximate surface area is 75.5 Å². The average molecular weight is 182 g/mol. The molecule has 5 N–H and O–H groups in total. The van der Waals surface area contributed by atoms with E-state index < -0.39 is 0 Å². The zero-order valence-corrected chi connectivity index (χ0v) is 7.10. The summed E-state index contributed by atoms with van der Waals surface area (Å²) in [7, 11) is 0. The second-order valence-corrected chi connectivity index (χ2v) is 3.07. The van der Waals surface area contributed by atoms with Gasteiger partial charge in [-0.25, -0.2) is 5.21 Å². The van der Waals surface area contributed by atoms with Crippen LogP contribution < -0.4 is 16.0 Å². The molecule has 0 bridgehead atoms. The van der Waals surface area contributed by atoms with Crippen molar-refractivity contribution in [3.63, 3.8) is 0 Å². The molecule has 5 nitrogen and oxygen atoms in total. The molecule has 1 saturated carbocycles. The summed E-state index contributed by atoms with van der Waals surface area (Å²) in [5.41, 5.74) is 7.00. The van der Waals surface area contributed by atoms with Gasteiger partial charge in [-0.1, -0.05) is 0 Å². The lowest BCUT2D eigenvalue weighted by molar-refractivity contribution is -0.825. The largest absolute Gasteiger partial charge is 0.474 e. The van der Waals surface area contributed by atoms with E-state index in [0.717, 1.165) is 18.3 Å². The second-order valence-electron chi connectivity index (χ2n) is 3.07. The van der Waals surface area contributed by atoms with Crippen LogP contribution in [0, 0.1) is 0 Å². The first-order valence-corrected chi connectivity index (χ1v) is 4.20. The van der Waals surface area contributed by atoms with E-state index in [9.17, 15) is 0 Å². The van der Waals surface area contributed by atoms with Gasteiger partial charge in [0.1, 0.15) is 6.10 Å². The average Bonchev–Trinajstić information content (AvgIpc) is 2.89. The van der Waals surface area contributed by atoms with Gasteiger partial charge in [0.15, 0.2) is 5.82 Å². The van der Waals surface area contributed by atoms with Crippen molar-refractivity contribution >= 4 is 11.5 Å². The Morgan fingerprint density at radius 3 is 2.85 bits per heavy atom. The number of nitrogens with two attached hydrogens (primary N) is 2. The zero-order chi connectivity index (χ0) is 9.26. The summed E-state index contributed by atoms with van der Waals surface area (Å²) in [5.74, 6) is 0.825. The molecule has 1 aromatic heterocycles. The summed E-state index contributed by atoms with van der Waals surface area (Å²) in [5, 5.41) is 8.72. The molecule has 1 aliphatic rings. The third-order valence-electron chi connectivity index (χ3n) is 1.88. The quantitative estimate of drug-likeness (QED) is 0.564. The number of quaternary nitrogens is 1. The molecule has 0 unspecified atom stereocenters. The van der Waals surface area contributed by atoms with E-state index in [0.29, 0.717) is 23.5 Å². The van der Waals surface area contributed by atoms with Crippen molar-refractivity contribution in [2.24, 2.45) is 0 Å². The maximum atomic E-state index is 8.72. The Kier molecular flexibility index (Phi) is 2.03. The first-order valence-electron chi connectivity index (χ1n) is 4.20. The molecule has 1 aromatic rings. The first-order chi connectivity index (χ1) is 6.29. The van der Waals surface area contributed by atoms with E-state index in [1.807, 2.05) is 0 Å². The van der Waals surface area contributed by atoms with Gasteiger partial charge in [-0.3, -0.25) is 0 Å². The van der Waals surface area contributed by atoms with E-state index in [1.165, 1.54) is 0 Å². The highest BCUT2D eigenvalue weighted by Gasteiger charge is 2.24. The van der Waals surface area contributed by atoms with Crippen molar-refractivity contribution in [3.8, 4) is 5.88 Å². The minimum Gasteiger partial charge on any atom is -0.474 e. The third kappa shape index (κ3) is 1.88.